The van der Waals surface area contributed by atoms with Crippen molar-refractivity contribution in [3.8, 4) is 6.07 Å². The minimum absolute atomic E-state index is 0.655. The number of hydrogen-bond donors (Lipinski definition) is 2. The first-order valence-corrected chi connectivity index (χ1v) is 6.14. The largest absolute Gasteiger partial charge is 0.369 e. The molecule has 0 amide bonds. The third-order valence-electron chi connectivity index (χ3n) is 2.93. The summed E-state index contributed by atoms with van der Waals surface area (Å²) in [5.74, 6) is 0.707. The van der Waals surface area contributed by atoms with Gasteiger partial charge in [-0.1, -0.05) is 0 Å². The Balaban J connectivity index is 1.77. The van der Waals surface area contributed by atoms with Crippen molar-refractivity contribution in [3.05, 3.63) is 23.4 Å². The molecule has 1 aliphatic rings. The molecule has 1 heterocycles. The van der Waals surface area contributed by atoms with E-state index in [1.165, 1.54) is 12.8 Å². The fourth-order valence-corrected chi connectivity index (χ4v) is 1.72. The summed E-state index contributed by atoms with van der Waals surface area (Å²) < 4.78 is 0. The minimum atomic E-state index is 0.655. The first kappa shape index (κ1) is 11.9. The normalized spacial score (nSPS) is 14.4. The summed E-state index contributed by atoms with van der Waals surface area (Å²) in [6.45, 7) is 3.82. The van der Waals surface area contributed by atoms with Gasteiger partial charge in [-0.15, -0.1) is 0 Å². The van der Waals surface area contributed by atoms with E-state index in [1.54, 1.807) is 6.20 Å². The van der Waals surface area contributed by atoms with Gasteiger partial charge in [0.15, 0.2) is 0 Å². The highest BCUT2D eigenvalue weighted by molar-refractivity contribution is 5.55. The molecule has 4 heteroatoms. The lowest BCUT2D eigenvalue weighted by atomic mass is 10.1. The smallest absolute Gasteiger partial charge is 0.144 e. The van der Waals surface area contributed by atoms with Gasteiger partial charge in [-0.2, -0.15) is 5.26 Å². The molecule has 1 fully saturated rings. The second-order valence-corrected chi connectivity index (χ2v) is 4.47. The molecule has 0 aliphatic heterocycles. The maximum Gasteiger partial charge on any atom is 0.144 e. The van der Waals surface area contributed by atoms with E-state index < -0.39 is 0 Å². The lowest BCUT2D eigenvalue weighted by Gasteiger charge is -2.08. The zero-order valence-electron chi connectivity index (χ0n) is 10.2. The van der Waals surface area contributed by atoms with Gasteiger partial charge in [0.05, 0.1) is 5.56 Å². The van der Waals surface area contributed by atoms with Crippen LogP contribution >= 0.6 is 0 Å². The van der Waals surface area contributed by atoms with E-state index in [1.807, 2.05) is 13.0 Å². The monoisotopic (exact) mass is 230 g/mol. The molecule has 1 saturated carbocycles. The predicted octanol–water partition coefficient (Wildman–Crippen LogP) is 1.82. The summed E-state index contributed by atoms with van der Waals surface area (Å²) >= 11 is 0. The third-order valence-corrected chi connectivity index (χ3v) is 2.93. The number of nitrogens with one attached hydrogen (secondary N) is 2. The van der Waals surface area contributed by atoms with Crippen molar-refractivity contribution in [2.75, 3.05) is 18.4 Å². The number of pyridine rings is 1. The quantitative estimate of drug-likeness (QED) is 0.732. The van der Waals surface area contributed by atoms with Crippen molar-refractivity contribution in [1.29, 1.82) is 5.26 Å². The van der Waals surface area contributed by atoms with Crippen LogP contribution in [-0.4, -0.2) is 24.1 Å². The highest BCUT2D eigenvalue weighted by Gasteiger charge is 2.19. The zero-order valence-corrected chi connectivity index (χ0v) is 10.2. The molecule has 1 aromatic rings. The number of anilines is 1. The van der Waals surface area contributed by atoms with E-state index in [2.05, 4.69) is 21.7 Å². The van der Waals surface area contributed by atoms with Gasteiger partial charge in [-0.25, -0.2) is 4.98 Å². The van der Waals surface area contributed by atoms with Gasteiger partial charge in [-0.3, -0.25) is 0 Å². The van der Waals surface area contributed by atoms with Crippen molar-refractivity contribution < 1.29 is 0 Å². The van der Waals surface area contributed by atoms with Crippen LogP contribution in [0.4, 0.5) is 5.82 Å². The number of aryl methyl sites for hydroxylation is 1. The lowest BCUT2D eigenvalue weighted by Crippen LogP contribution is -2.20. The molecule has 0 saturated heterocycles. The van der Waals surface area contributed by atoms with E-state index >= 15 is 0 Å². The fourth-order valence-electron chi connectivity index (χ4n) is 1.72. The van der Waals surface area contributed by atoms with Crippen LogP contribution in [0.3, 0.4) is 0 Å². The van der Waals surface area contributed by atoms with E-state index in [-0.39, 0.29) is 0 Å². The molecule has 0 atom stereocenters. The first-order chi connectivity index (χ1) is 8.31. The summed E-state index contributed by atoms with van der Waals surface area (Å²) in [7, 11) is 0. The van der Waals surface area contributed by atoms with Crippen LogP contribution in [0.1, 0.15) is 30.4 Å². The second-order valence-electron chi connectivity index (χ2n) is 4.47. The Kier molecular flexibility index (Phi) is 3.94. The van der Waals surface area contributed by atoms with Gasteiger partial charge in [0.25, 0.3) is 0 Å². The fraction of sp³-hybridized carbons (Fsp3) is 0.538. The maximum atomic E-state index is 9.04. The molecular formula is C13H18N4. The number of rotatable bonds is 6. The van der Waals surface area contributed by atoms with Gasteiger partial charge < -0.3 is 10.6 Å². The Morgan fingerprint density at radius 1 is 1.47 bits per heavy atom. The number of nitriles is 1. The van der Waals surface area contributed by atoms with E-state index in [9.17, 15) is 0 Å². The van der Waals surface area contributed by atoms with Crippen molar-refractivity contribution in [3.63, 3.8) is 0 Å². The summed E-state index contributed by atoms with van der Waals surface area (Å²) in [5.41, 5.74) is 1.63. The molecule has 17 heavy (non-hydrogen) atoms. The predicted molar refractivity (Wildman–Crippen MR) is 67.8 cm³/mol. The van der Waals surface area contributed by atoms with Crippen molar-refractivity contribution in [1.82, 2.24) is 10.3 Å². The van der Waals surface area contributed by atoms with Gasteiger partial charge in [-0.05, 0) is 44.4 Å². The van der Waals surface area contributed by atoms with Gasteiger partial charge in [0, 0.05) is 18.8 Å². The molecule has 2 N–H and O–H groups in total. The molecule has 0 aromatic carbocycles. The van der Waals surface area contributed by atoms with Crippen molar-refractivity contribution in [2.45, 2.75) is 32.2 Å². The average Bonchev–Trinajstić information content (AvgIpc) is 3.13. The topological polar surface area (TPSA) is 60.7 Å². The lowest BCUT2D eigenvalue weighted by molar-refractivity contribution is 0.658. The molecule has 90 valence electrons. The average molecular weight is 230 g/mol. The van der Waals surface area contributed by atoms with E-state index in [4.69, 9.17) is 5.26 Å². The molecule has 0 spiro atoms. The van der Waals surface area contributed by atoms with Crippen LogP contribution in [0.5, 0.6) is 0 Å². The summed E-state index contributed by atoms with van der Waals surface area (Å²) in [6, 6.07) is 4.82. The molecular weight excluding hydrogens is 212 g/mol. The van der Waals surface area contributed by atoms with E-state index in [0.29, 0.717) is 11.4 Å². The Bertz CT molecular complexity index is 418. The Hall–Kier alpha value is -1.60. The van der Waals surface area contributed by atoms with Crippen LogP contribution in [0.25, 0.3) is 0 Å². The summed E-state index contributed by atoms with van der Waals surface area (Å²) in [5, 5.41) is 15.7. The minimum Gasteiger partial charge on any atom is -0.369 e. The zero-order chi connectivity index (χ0) is 12.1. The number of nitrogens with zero attached hydrogens (tertiary/aromatic N) is 2. The Morgan fingerprint density at radius 3 is 3.00 bits per heavy atom. The van der Waals surface area contributed by atoms with Crippen LogP contribution in [0, 0.1) is 18.3 Å². The molecule has 2 rings (SSSR count). The SMILES string of the molecule is Cc1ccnc(NCCCNC2CC2)c1C#N. The molecule has 0 unspecified atom stereocenters. The van der Waals surface area contributed by atoms with Crippen molar-refractivity contribution >= 4 is 5.82 Å². The highest BCUT2D eigenvalue weighted by Crippen LogP contribution is 2.18. The third kappa shape index (κ3) is 3.43. The van der Waals surface area contributed by atoms with Gasteiger partial charge in [0.2, 0.25) is 0 Å². The summed E-state index contributed by atoms with van der Waals surface area (Å²) in [4.78, 5) is 4.20. The highest BCUT2D eigenvalue weighted by atomic mass is 15.0. The number of aromatic nitrogens is 1. The van der Waals surface area contributed by atoms with Gasteiger partial charge >= 0.3 is 0 Å². The number of hydrogen-bond acceptors (Lipinski definition) is 4. The van der Waals surface area contributed by atoms with Crippen LogP contribution < -0.4 is 10.6 Å². The van der Waals surface area contributed by atoms with Crippen molar-refractivity contribution in [2.24, 2.45) is 0 Å². The standard InChI is InChI=1S/C13H18N4/c1-10-5-8-17-13(12(10)9-14)16-7-2-6-15-11-3-4-11/h5,8,11,15H,2-4,6-7H2,1H3,(H,16,17). The molecule has 4 nitrogen and oxygen atoms in total. The molecule has 0 radical (unpaired) electrons. The Labute approximate surface area is 102 Å². The molecule has 1 aliphatic carbocycles. The summed E-state index contributed by atoms with van der Waals surface area (Å²) in [6.07, 6.45) is 5.44. The van der Waals surface area contributed by atoms with Crippen LogP contribution in [0.2, 0.25) is 0 Å². The van der Waals surface area contributed by atoms with Crippen LogP contribution in [0.15, 0.2) is 12.3 Å². The molecule has 0 bridgehead atoms. The first-order valence-electron chi connectivity index (χ1n) is 6.14. The second kappa shape index (κ2) is 5.65. The van der Waals surface area contributed by atoms with Crippen LogP contribution in [-0.2, 0) is 0 Å². The maximum absolute atomic E-state index is 9.04. The van der Waals surface area contributed by atoms with Gasteiger partial charge in [0.1, 0.15) is 11.9 Å². The molecule has 1 aromatic heterocycles. The Morgan fingerprint density at radius 2 is 2.29 bits per heavy atom. The van der Waals surface area contributed by atoms with E-state index in [0.717, 1.165) is 31.1 Å².